The number of hydrogen-bond acceptors (Lipinski definition) is 5. The third-order valence-electron chi connectivity index (χ3n) is 3.88. The van der Waals surface area contributed by atoms with Crippen LogP contribution in [0.25, 0.3) is 11.5 Å². The lowest BCUT2D eigenvalue weighted by atomic mass is 9.77. The molecule has 1 N–H and O–H groups in total. The molecule has 0 radical (unpaired) electrons. The molecule has 0 bridgehead atoms. The van der Waals surface area contributed by atoms with E-state index in [1.54, 1.807) is 4.68 Å². The van der Waals surface area contributed by atoms with Crippen LogP contribution >= 0.6 is 0 Å². The van der Waals surface area contributed by atoms with E-state index in [1.165, 1.54) is 4.68 Å². The normalized spacial score (nSPS) is 16.9. The monoisotopic (exact) mass is 276 g/mol. The number of tetrazole rings is 1. The molecule has 0 atom stereocenters. The Morgan fingerprint density at radius 1 is 1.50 bits per heavy atom. The van der Waals surface area contributed by atoms with Gasteiger partial charge in [-0.05, 0) is 49.6 Å². The predicted octanol–water partition coefficient (Wildman–Crippen LogP) is 0.829. The van der Waals surface area contributed by atoms with Crippen molar-refractivity contribution in [2.75, 3.05) is 0 Å². The van der Waals surface area contributed by atoms with Crippen LogP contribution < -0.4 is 0 Å². The maximum atomic E-state index is 11.6. The van der Waals surface area contributed by atoms with Gasteiger partial charge in [0.1, 0.15) is 5.69 Å². The minimum Gasteiger partial charge on any atom is -0.479 e. The van der Waals surface area contributed by atoms with E-state index in [0.29, 0.717) is 25.2 Å². The minimum absolute atomic E-state index is 0.467. The predicted molar refractivity (Wildman–Crippen MR) is 68.9 cm³/mol. The zero-order valence-electron chi connectivity index (χ0n) is 11.4. The molecule has 20 heavy (non-hydrogen) atoms. The number of aromatic nitrogens is 6. The Hall–Kier alpha value is -2.25. The van der Waals surface area contributed by atoms with Gasteiger partial charge in [0.15, 0.2) is 5.54 Å². The van der Waals surface area contributed by atoms with Crippen LogP contribution in [-0.2, 0) is 16.9 Å². The Labute approximate surface area is 115 Å². The first-order valence-electron chi connectivity index (χ1n) is 6.65. The van der Waals surface area contributed by atoms with Crippen molar-refractivity contribution in [2.45, 2.75) is 45.2 Å². The molecule has 2 aromatic heterocycles. The number of aliphatic carboxylic acids is 1. The van der Waals surface area contributed by atoms with Gasteiger partial charge in [0.05, 0.1) is 5.69 Å². The number of rotatable bonds is 4. The first-order valence-corrected chi connectivity index (χ1v) is 6.65. The van der Waals surface area contributed by atoms with Crippen LogP contribution in [0.1, 0.15) is 31.9 Å². The van der Waals surface area contributed by atoms with Crippen LogP contribution in [0.15, 0.2) is 6.07 Å². The SMILES string of the molecule is CCn1nc(C)cc1-c1nnnn1C1(C(=O)O)CCC1. The summed E-state index contributed by atoms with van der Waals surface area (Å²) in [6.45, 7) is 4.54. The average Bonchev–Trinajstić information content (AvgIpc) is 2.93. The molecule has 0 aromatic carbocycles. The summed E-state index contributed by atoms with van der Waals surface area (Å²) in [5, 5.41) is 25.5. The van der Waals surface area contributed by atoms with Gasteiger partial charge < -0.3 is 5.11 Å². The third-order valence-corrected chi connectivity index (χ3v) is 3.88. The Morgan fingerprint density at radius 3 is 2.80 bits per heavy atom. The van der Waals surface area contributed by atoms with E-state index < -0.39 is 11.5 Å². The van der Waals surface area contributed by atoms with E-state index in [1.807, 2.05) is 19.9 Å². The largest absolute Gasteiger partial charge is 0.479 e. The lowest BCUT2D eigenvalue weighted by Gasteiger charge is -2.37. The summed E-state index contributed by atoms with van der Waals surface area (Å²) in [4.78, 5) is 11.6. The van der Waals surface area contributed by atoms with Crippen LogP contribution in [0.2, 0.25) is 0 Å². The first-order chi connectivity index (χ1) is 9.58. The Bertz CT molecular complexity index is 655. The number of nitrogens with zero attached hydrogens (tertiary/aromatic N) is 6. The van der Waals surface area contributed by atoms with E-state index in [2.05, 4.69) is 20.6 Å². The summed E-state index contributed by atoms with van der Waals surface area (Å²) in [5.41, 5.74) is 0.604. The molecule has 3 rings (SSSR count). The third kappa shape index (κ3) is 1.64. The molecule has 2 aromatic rings. The number of carboxylic acids is 1. The molecular formula is C12H16N6O2. The van der Waals surface area contributed by atoms with E-state index in [-0.39, 0.29) is 0 Å². The fourth-order valence-corrected chi connectivity index (χ4v) is 2.63. The fourth-order valence-electron chi connectivity index (χ4n) is 2.63. The van der Waals surface area contributed by atoms with Crippen molar-refractivity contribution in [1.82, 2.24) is 30.0 Å². The summed E-state index contributed by atoms with van der Waals surface area (Å²) < 4.78 is 3.23. The smallest absolute Gasteiger partial charge is 0.331 e. The Morgan fingerprint density at radius 2 is 2.25 bits per heavy atom. The second-order valence-corrected chi connectivity index (χ2v) is 5.09. The molecule has 106 valence electrons. The highest BCUT2D eigenvalue weighted by Crippen LogP contribution is 2.40. The lowest BCUT2D eigenvalue weighted by Crippen LogP contribution is -2.48. The van der Waals surface area contributed by atoms with E-state index in [0.717, 1.165) is 17.8 Å². The zero-order chi connectivity index (χ0) is 14.3. The number of carboxylic acid groups (broad SMARTS) is 1. The summed E-state index contributed by atoms with van der Waals surface area (Å²) >= 11 is 0. The molecule has 0 spiro atoms. The van der Waals surface area contributed by atoms with Crippen LogP contribution in [0.4, 0.5) is 0 Å². The van der Waals surface area contributed by atoms with Crippen molar-refractivity contribution in [3.8, 4) is 11.5 Å². The highest BCUT2D eigenvalue weighted by Gasteiger charge is 2.49. The van der Waals surface area contributed by atoms with Crippen LogP contribution in [0, 0.1) is 6.92 Å². The van der Waals surface area contributed by atoms with Crippen LogP contribution in [0.5, 0.6) is 0 Å². The number of carbonyl (C=O) groups is 1. The minimum atomic E-state index is -1.00. The summed E-state index contributed by atoms with van der Waals surface area (Å²) in [6.07, 6.45) is 1.98. The fraction of sp³-hybridized carbons (Fsp3) is 0.583. The van der Waals surface area contributed by atoms with Crippen molar-refractivity contribution < 1.29 is 9.90 Å². The van der Waals surface area contributed by atoms with Gasteiger partial charge in [0.2, 0.25) is 5.82 Å². The first kappa shape index (κ1) is 12.8. The van der Waals surface area contributed by atoms with Gasteiger partial charge in [0.25, 0.3) is 0 Å². The van der Waals surface area contributed by atoms with Gasteiger partial charge in [0, 0.05) is 6.54 Å². The van der Waals surface area contributed by atoms with Crippen molar-refractivity contribution in [3.63, 3.8) is 0 Å². The van der Waals surface area contributed by atoms with Crippen molar-refractivity contribution in [1.29, 1.82) is 0 Å². The van der Waals surface area contributed by atoms with Crippen molar-refractivity contribution >= 4 is 5.97 Å². The second kappa shape index (κ2) is 4.39. The average molecular weight is 276 g/mol. The molecular weight excluding hydrogens is 260 g/mol. The topological polar surface area (TPSA) is 98.7 Å². The van der Waals surface area contributed by atoms with Gasteiger partial charge in [-0.25, -0.2) is 9.48 Å². The molecule has 1 saturated carbocycles. The highest BCUT2D eigenvalue weighted by atomic mass is 16.4. The lowest BCUT2D eigenvalue weighted by molar-refractivity contribution is -0.153. The van der Waals surface area contributed by atoms with Gasteiger partial charge >= 0.3 is 5.97 Å². The van der Waals surface area contributed by atoms with E-state index >= 15 is 0 Å². The van der Waals surface area contributed by atoms with Gasteiger partial charge in [-0.15, -0.1) is 5.10 Å². The standard InChI is InChI=1S/C12H16N6O2/c1-3-17-9(7-8(2)14-17)10-13-15-16-18(10)12(11(19)20)5-4-6-12/h7H,3-6H2,1-2H3,(H,19,20). The summed E-state index contributed by atoms with van der Waals surface area (Å²) in [6, 6.07) is 1.87. The molecule has 2 heterocycles. The molecule has 1 aliphatic carbocycles. The second-order valence-electron chi connectivity index (χ2n) is 5.09. The maximum Gasteiger partial charge on any atom is 0.331 e. The van der Waals surface area contributed by atoms with Crippen molar-refractivity contribution in [2.24, 2.45) is 0 Å². The molecule has 0 amide bonds. The molecule has 0 unspecified atom stereocenters. The van der Waals surface area contributed by atoms with Crippen LogP contribution in [0.3, 0.4) is 0 Å². The highest BCUT2D eigenvalue weighted by molar-refractivity contribution is 5.78. The van der Waals surface area contributed by atoms with Gasteiger partial charge in [-0.2, -0.15) is 5.10 Å². The molecule has 1 fully saturated rings. The molecule has 8 heteroatoms. The Balaban J connectivity index is 2.13. The summed E-state index contributed by atoms with van der Waals surface area (Å²) in [7, 11) is 0. The Kier molecular flexibility index (Phi) is 2.81. The van der Waals surface area contributed by atoms with Crippen molar-refractivity contribution in [3.05, 3.63) is 11.8 Å². The summed E-state index contributed by atoms with van der Waals surface area (Å²) in [5.74, 6) is -0.411. The van der Waals surface area contributed by atoms with Crippen LogP contribution in [-0.4, -0.2) is 41.1 Å². The molecule has 8 nitrogen and oxygen atoms in total. The number of aryl methyl sites for hydroxylation is 2. The van der Waals surface area contributed by atoms with Gasteiger partial charge in [-0.3, -0.25) is 4.68 Å². The molecule has 1 aliphatic rings. The van der Waals surface area contributed by atoms with Gasteiger partial charge in [-0.1, -0.05) is 0 Å². The van der Waals surface area contributed by atoms with E-state index in [4.69, 9.17) is 0 Å². The van der Waals surface area contributed by atoms with E-state index in [9.17, 15) is 9.90 Å². The zero-order valence-corrected chi connectivity index (χ0v) is 11.4. The quantitative estimate of drug-likeness (QED) is 0.888. The number of hydrogen-bond donors (Lipinski definition) is 1. The maximum absolute atomic E-state index is 11.6. The molecule has 0 aliphatic heterocycles. The molecule has 0 saturated heterocycles.